The maximum absolute atomic E-state index is 11.8. The monoisotopic (exact) mass is 375 g/mol. The molecule has 0 radical (unpaired) electrons. The molecule has 0 unspecified atom stereocenters. The molecule has 3 aromatic rings. The smallest absolute Gasteiger partial charge is 0.337 e. The Labute approximate surface area is 162 Å². The second-order valence-electron chi connectivity index (χ2n) is 7.29. The molecule has 0 amide bonds. The first-order valence-corrected chi connectivity index (χ1v) is 9.47. The molecule has 27 heavy (non-hydrogen) atoms. The molecule has 1 heterocycles. The lowest BCUT2D eigenvalue weighted by molar-refractivity contribution is 0.0697. The van der Waals surface area contributed by atoms with Crippen molar-refractivity contribution in [2.75, 3.05) is 5.32 Å². The number of aromatic carboxylic acids is 1. The van der Waals surface area contributed by atoms with E-state index in [9.17, 15) is 9.90 Å². The maximum atomic E-state index is 11.8. The highest BCUT2D eigenvalue weighted by Gasteiger charge is 2.44. The van der Waals surface area contributed by atoms with Crippen LogP contribution < -0.4 is 5.32 Å². The van der Waals surface area contributed by atoms with E-state index in [1.165, 1.54) is 11.1 Å². The van der Waals surface area contributed by atoms with E-state index < -0.39 is 5.97 Å². The van der Waals surface area contributed by atoms with Crippen LogP contribution in [0.1, 0.15) is 44.6 Å². The minimum Gasteiger partial charge on any atom is -0.478 e. The van der Waals surface area contributed by atoms with E-state index in [1.807, 2.05) is 30.3 Å². The summed E-state index contributed by atoms with van der Waals surface area (Å²) in [5, 5.41) is 14.0. The van der Waals surface area contributed by atoms with Crippen LogP contribution in [0.3, 0.4) is 0 Å². The summed E-state index contributed by atoms with van der Waals surface area (Å²) in [6.45, 7) is 0. The van der Waals surface area contributed by atoms with Gasteiger partial charge in [0.25, 0.3) is 0 Å². The first kappa shape index (κ1) is 16.4. The van der Waals surface area contributed by atoms with Gasteiger partial charge in [0.2, 0.25) is 0 Å². The normalized spacial score (nSPS) is 22.3. The number of rotatable bonds is 2. The van der Waals surface area contributed by atoms with Crippen LogP contribution in [0, 0.1) is 5.92 Å². The summed E-state index contributed by atoms with van der Waals surface area (Å²) in [6.07, 6.45) is 0.970. The molecular formula is C23H18ClNO2. The molecule has 3 aromatic carbocycles. The second-order valence-corrected chi connectivity index (χ2v) is 7.73. The summed E-state index contributed by atoms with van der Waals surface area (Å²) < 4.78 is 0. The molecule has 2 aliphatic rings. The molecule has 0 saturated heterocycles. The number of carbonyl (C=O) groups is 1. The van der Waals surface area contributed by atoms with Gasteiger partial charge in [0, 0.05) is 10.9 Å². The summed E-state index contributed by atoms with van der Waals surface area (Å²) in [7, 11) is 0. The Hall–Kier alpha value is -2.78. The largest absolute Gasteiger partial charge is 0.478 e. The van der Waals surface area contributed by atoms with E-state index in [4.69, 9.17) is 11.6 Å². The topological polar surface area (TPSA) is 49.3 Å². The van der Waals surface area contributed by atoms with Crippen LogP contribution in [-0.2, 0) is 6.42 Å². The Balaban J connectivity index is 1.72. The number of fused-ring (bicyclic) bond motifs is 5. The standard InChI is InChI=1S/C23H18ClNO2/c24-15-10-8-13(9-11-15)21-19-12-14-4-1-2-5-16(14)20(19)17-6-3-7-18(23(26)27)22(17)25-21/h1-11,19-21,25H,12H2,(H,26,27)/t19-,20-,21-/m1/s1. The van der Waals surface area contributed by atoms with Crippen LogP contribution in [-0.4, -0.2) is 11.1 Å². The van der Waals surface area contributed by atoms with Crippen LogP contribution in [0.25, 0.3) is 0 Å². The highest BCUT2D eigenvalue weighted by atomic mass is 35.5. The zero-order valence-electron chi connectivity index (χ0n) is 14.5. The number of carboxylic acid groups (broad SMARTS) is 1. The van der Waals surface area contributed by atoms with Gasteiger partial charge in [-0.2, -0.15) is 0 Å². The Kier molecular flexibility index (Phi) is 3.73. The molecule has 0 saturated carbocycles. The van der Waals surface area contributed by atoms with Crippen molar-refractivity contribution in [3.05, 3.63) is 99.6 Å². The second kappa shape index (κ2) is 6.14. The third-order valence-electron chi connectivity index (χ3n) is 5.89. The molecule has 5 rings (SSSR count). The van der Waals surface area contributed by atoms with Gasteiger partial charge in [-0.05, 0) is 52.8 Å². The van der Waals surface area contributed by atoms with Gasteiger partial charge in [-0.15, -0.1) is 0 Å². The average Bonchev–Trinajstić information content (AvgIpc) is 3.07. The van der Waals surface area contributed by atoms with Crippen molar-refractivity contribution >= 4 is 23.3 Å². The van der Waals surface area contributed by atoms with Gasteiger partial charge in [-0.1, -0.05) is 60.1 Å². The van der Waals surface area contributed by atoms with Crippen molar-refractivity contribution in [1.29, 1.82) is 0 Å². The fourth-order valence-electron chi connectivity index (χ4n) is 4.77. The van der Waals surface area contributed by atoms with Crippen LogP contribution in [0.2, 0.25) is 5.02 Å². The van der Waals surface area contributed by atoms with E-state index >= 15 is 0 Å². The van der Waals surface area contributed by atoms with Gasteiger partial charge in [0.1, 0.15) is 0 Å². The summed E-state index contributed by atoms with van der Waals surface area (Å²) in [4.78, 5) is 11.8. The Bertz CT molecular complexity index is 1040. The molecule has 2 N–H and O–H groups in total. The third-order valence-corrected chi connectivity index (χ3v) is 6.15. The van der Waals surface area contributed by atoms with Crippen LogP contribution in [0.4, 0.5) is 5.69 Å². The maximum Gasteiger partial charge on any atom is 0.337 e. The highest BCUT2D eigenvalue weighted by molar-refractivity contribution is 6.30. The fourth-order valence-corrected chi connectivity index (χ4v) is 4.89. The number of hydrogen-bond acceptors (Lipinski definition) is 2. The molecule has 4 heteroatoms. The number of benzene rings is 3. The van der Waals surface area contributed by atoms with Crippen LogP contribution in [0.5, 0.6) is 0 Å². The van der Waals surface area contributed by atoms with E-state index in [2.05, 4.69) is 35.6 Å². The zero-order valence-corrected chi connectivity index (χ0v) is 15.3. The lowest BCUT2D eigenvalue weighted by Gasteiger charge is -2.38. The Morgan fingerprint density at radius 1 is 0.963 bits per heavy atom. The molecular weight excluding hydrogens is 358 g/mol. The number of carboxylic acids is 1. The van der Waals surface area contributed by atoms with Gasteiger partial charge in [0.15, 0.2) is 0 Å². The minimum absolute atomic E-state index is 0.0349. The van der Waals surface area contributed by atoms with Gasteiger partial charge in [-0.3, -0.25) is 0 Å². The molecule has 3 nitrogen and oxygen atoms in total. The molecule has 0 fully saturated rings. The summed E-state index contributed by atoms with van der Waals surface area (Å²) in [5.41, 5.74) is 5.94. The van der Waals surface area contributed by atoms with Crippen molar-refractivity contribution < 1.29 is 9.90 Å². The number of anilines is 1. The van der Waals surface area contributed by atoms with Gasteiger partial charge >= 0.3 is 5.97 Å². The number of hydrogen-bond donors (Lipinski definition) is 2. The number of halogens is 1. The van der Waals surface area contributed by atoms with E-state index in [-0.39, 0.29) is 12.0 Å². The van der Waals surface area contributed by atoms with Crippen molar-refractivity contribution in [2.45, 2.75) is 18.4 Å². The van der Waals surface area contributed by atoms with E-state index in [0.717, 1.165) is 23.2 Å². The summed E-state index contributed by atoms with van der Waals surface area (Å²) in [6, 6.07) is 22.0. The van der Waals surface area contributed by atoms with Gasteiger partial charge < -0.3 is 10.4 Å². The predicted molar refractivity (Wildman–Crippen MR) is 107 cm³/mol. The first-order valence-electron chi connectivity index (χ1n) is 9.09. The van der Waals surface area contributed by atoms with Crippen molar-refractivity contribution in [3.63, 3.8) is 0 Å². The van der Waals surface area contributed by atoms with Crippen LogP contribution >= 0.6 is 11.6 Å². The molecule has 1 aliphatic carbocycles. The van der Waals surface area contributed by atoms with E-state index in [0.29, 0.717) is 16.5 Å². The molecule has 134 valence electrons. The quantitative estimate of drug-likeness (QED) is 0.621. The average molecular weight is 376 g/mol. The Morgan fingerprint density at radius 3 is 2.48 bits per heavy atom. The molecule has 1 aliphatic heterocycles. The minimum atomic E-state index is -0.904. The highest BCUT2D eigenvalue weighted by Crippen LogP contribution is 2.54. The predicted octanol–water partition coefficient (Wildman–Crippen LogP) is 5.51. The van der Waals surface area contributed by atoms with Gasteiger partial charge in [0.05, 0.1) is 17.3 Å². The third kappa shape index (κ3) is 2.54. The lowest BCUT2D eigenvalue weighted by atomic mass is 9.75. The number of nitrogens with one attached hydrogen (secondary N) is 1. The summed E-state index contributed by atoms with van der Waals surface area (Å²) >= 11 is 6.08. The first-order chi connectivity index (χ1) is 13.1. The molecule has 3 atom stereocenters. The van der Waals surface area contributed by atoms with Crippen molar-refractivity contribution in [3.8, 4) is 0 Å². The van der Waals surface area contributed by atoms with Crippen molar-refractivity contribution in [2.24, 2.45) is 5.92 Å². The SMILES string of the molecule is O=C(O)c1cccc2c1N[C@H](c1ccc(Cl)cc1)[C@@H]1Cc3ccccc3[C@H]21. The van der Waals surface area contributed by atoms with Gasteiger partial charge in [-0.25, -0.2) is 4.79 Å². The Morgan fingerprint density at radius 2 is 1.70 bits per heavy atom. The molecule has 0 bridgehead atoms. The van der Waals surface area contributed by atoms with Crippen molar-refractivity contribution in [1.82, 2.24) is 0 Å². The molecule has 0 spiro atoms. The number of para-hydroxylation sites is 1. The lowest BCUT2D eigenvalue weighted by Crippen LogP contribution is -2.31. The molecule has 0 aromatic heterocycles. The van der Waals surface area contributed by atoms with Crippen LogP contribution in [0.15, 0.2) is 66.7 Å². The fraction of sp³-hybridized carbons (Fsp3) is 0.174. The van der Waals surface area contributed by atoms with E-state index in [1.54, 1.807) is 6.07 Å². The summed E-state index contributed by atoms with van der Waals surface area (Å²) in [5.74, 6) is -0.378. The zero-order chi connectivity index (χ0) is 18.5.